The Hall–Kier alpha value is -2.63. The minimum absolute atomic E-state index is 0.0731. The van der Waals surface area contributed by atoms with Gasteiger partial charge in [0.25, 0.3) is 0 Å². The quantitative estimate of drug-likeness (QED) is 0.400. The number of nitrogens with zero attached hydrogens (tertiary/aromatic N) is 1. The molecule has 3 aliphatic rings. The van der Waals surface area contributed by atoms with Gasteiger partial charge >= 0.3 is 12.4 Å². The van der Waals surface area contributed by atoms with Crippen molar-refractivity contribution < 1.29 is 41.0 Å². The number of likely N-dealkylation sites (tertiary alicyclic amines) is 1. The fourth-order valence-corrected chi connectivity index (χ4v) is 6.89. The molecule has 1 spiro atoms. The molecule has 2 heterocycles. The number of amides is 1. The summed E-state index contributed by atoms with van der Waals surface area (Å²) in [5.74, 6) is -1.87. The monoisotopic (exact) mass is 598 g/mol. The van der Waals surface area contributed by atoms with Crippen molar-refractivity contribution in [2.75, 3.05) is 26.3 Å². The third kappa shape index (κ3) is 6.19. The van der Waals surface area contributed by atoms with Gasteiger partial charge in [0.1, 0.15) is 0 Å². The van der Waals surface area contributed by atoms with Crippen LogP contribution in [0, 0.1) is 5.41 Å². The summed E-state index contributed by atoms with van der Waals surface area (Å²) in [5.41, 5.74) is -3.35. The van der Waals surface area contributed by atoms with Crippen molar-refractivity contribution in [3.63, 3.8) is 0 Å². The summed E-state index contributed by atoms with van der Waals surface area (Å²) in [7, 11) is 0. The first kappa shape index (κ1) is 30.8. The van der Waals surface area contributed by atoms with E-state index in [-0.39, 0.29) is 23.1 Å². The molecule has 1 amide bonds. The minimum Gasteiger partial charge on any atom is -0.390 e. The van der Waals surface area contributed by atoms with Gasteiger partial charge in [-0.15, -0.1) is 0 Å². The van der Waals surface area contributed by atoms with Crippen LogP contribution in [-0.2, 0) is 27.4 Å². The first-order valence-corrected chi connectivity index (χ1v) is 14.4. The summed E-state index contributed by atoms with van der Waals surface area (Å²) in [4.78, 5) is 16.0. The number of hydrogen-bond acceptors (Lipinski definition) is 4. The van der Waals surface area contributed by atoms with Crippen molar-refractivity contribution in [1.29, 1.82) is 0 Å². The van der Waals surface area contributed by atoms with E-state index in [2.05, 4.69) is 10.2 Å². The molecule has 2 N–H and O–H groups in total. The summed E-state index contributed by atoms with van der Waals surface area (Å²) >= 11 is 0. The van der Waals surface area contributed by atoms with Gasteiger partial charge in [0.05, 0.1) is 41.9 Å². The SMILES string of the molecule is CC(C(=O)NC1(c2ccccc2)CCC(N2CCC3(CC2)COC[C@@H]3O)CC1)c1cc(C(F)(F)F)cc(C(F)(F)F)c1. The lowest BCUT2D eigenvalue weighted by Crippen LogP contribution is -2.54. The second kappa shape index (κ2) is 11.5. The van der Waals surface area contributed by atoms with Gasteiger partial charge in [-0.3, -0.25) is 4.79 Å². The third-order valence-electron chi connectivity index (χ3n) is 9.68. The maximum atomic E-state index is 13.6. The summed E-state index contributed by atoms with van der Waals surface area (Å²) in [6, 6.07) is 10.9. The first-order chi connectivity index (χ1) is 19.7. The molecule has 2 saturated heterocycles. The highest BCUT2D eigenvalue weighted by Crippen LogP contribution is 2.44. The van der Waals surface area contributed by atoms with Gasteiger partial charge in [-0.2, -0.15) is 26.3 Å². The number of carbonyl (C=O) groups is 1. The molecule has 2 aromatic rings. The van der Waals surface area contributed by atoms with Gasteiger partial charge < -0.3 is 20.1 Å². The molecule has 230 valence electrons. The van der Waals surface area contributed by atoms with Crippen LogP contribution in [0.3, 0.4) is 0 Å². The molecule has 1 unspecified atom stereocenters. The maximum Gasteiger partial charge on any atom is 0.416 e. The van der Waals surface area contributed by atoms with E-state index >= 15 is 0 Å². The number of carbonyl (C=O) groups excluding carboxylic acids is 1. The molecule has 5 nitrogen and oxygen atoms in total. The van der Waals surface area contributed by atoms with Gasteiger partial charge in [0.2, 0.25) is 5.91 Å². The van der Waals surface area contributed by atoms with Gasteiger partial charge in [-0.25, -0.2) is 0 Å². The first-order valence-electron chi connectivity index (χ1n) is 14.4. The Bertz CT molecular complexity index is 1220. The molecule has 0 aromatic heterocycles. The lowest BCUT2D eigenvalue weighted by Gasteiger charge is -2.48. The van der Waals surface area contributed by atoms with Crippen molar-refractivity contribution in [3.05, 3.63) is 70.8 Å². The molecule has 0 radical (unpaired) electrons. The van der Waals surface area contributed by atoms with Crippen molar-refractivity contribution in [2.24, 2.45) is 5.41 Å². The van der Waals surface area contributed by atoms with Crippen LogP contribution in [0.4, 0.5) is 26.3 Å². The highest BCUT2D eigenvalue weighted by molar-refractivity contribution is 5.84. The Kier molecular flexibility index (Phi) is 8.41. The van der Waals surface area contributed by atoms with Crippen LogP contribution in [-0.4, -0.2) is 54.4 Å². The Balaban J connectivity index is 1.33. The Labute approximate surface area is 241 Å². The lowest BCUT2D eigenvalue weighted by molar-refractivity contribution is -0.143. The smallest absolute Gasteiger partial charge is 0.390 e. The molecule has 1 aliphatic carbocycles. The van der Waals surface area contributed by atoms with Gasteiger partial charge in [0.15, 0.2) is 0 Å². The zero-order chi connectivity index (χ0) is 30.3. The van der Waals surface area contributed by atoms with E-state index in [4.69, 9.17) is 4.74 Å². The van der Waals surface area contributed by atoms with E-state index in [1.807, 2.05) is 30.3 Å². The molecule has 2 aromatic carbocycles. The van der Waals surface area contributed by atoms with Crippen molar-refractivity contribution >= 4 is 5.91 Å². The molecule has 2 aliphatic heterocycles. The number of ether oxygens (including phenoxy) is 1. The Morgan fingerprint density at radius 1 is 0.952 bits per heavy atom. The number of nitrogens with one attached hydrogen (secondary N) is 1. The second-order valence-electron chi connectivity index (χ2n) is 12.2. The molecule has 3 fully saturated rings. The Morgan fingerprint density at radius 2 is 1.52 bits per heavy atom. The largest absolute Gasteiger partial charge is 0.416 e. The lowest BCUT2D eigenvalue weighted by atomic mass is 9.72. The molecule has 5 rings (SSSR count). The zero-order valence-electron chi connectivity index (χ0n) is 23.4. The van der Waals surface area contributed by atoms with E-state index in [1.165, 1.54) is 6.92 Å². The highest BCUT2D eigenvalue weighted by atomic mass is 19.4. The maximum absolute atomic E-state index is 13.6. The fraction of sp³-hybridized carbons (Fsp3) is 0.581. The van der Waals surface area contributed by atoms with Crippen molar-refractivity contribution in [3.8, 4) is 0 Å². The molecule has 1 saturated carbocycles. The molecule has 11 heteroatoms. The number of halogens is 6. The number of hydrogen-bond donors (Lipinski definition) is 2. The van der Waals surface area contributed by atoms with E-state index in [1.54, 1.807) is 0 Å². The highest BCUT2D eigenvalue weighted by Gasteiger charge is 2.47. The second-order valence-corrected chi connectivity index (χ2v) is 12.2. The van der Waals surface area contributed by atoms with Gasteiger partial charge in [-0.1, -0.05) is 30.3 Å². The predicted molar refractivity (Wildman–Crippen MR) is 143 cm³/mol. The van der Waals surface area contributed by atoms with E-state index in [0.717, 1.165) is 44.3 Å². The zero-order valence-corrected chi connectivity index (χ0v) is 23.4. The summed E-state index contributed by atoms with van der Waals surface area (Å²) in [5, 5.41) is 13.5. The molecule has 42 heavy (non-hydrogen) atoms. The van der Waals surface area contributed by atoms with Crippen LogP contribution in [0.5, 0.6) is 0 Å². The number of benzene rings is 2. The van der Waals surface area contributed by atoms with E-state index in [0.29, 0.717) is 38.2 Å². The van der Waals surface area contributed by atoms with Crippen LogP contribution < -0.4 is 5.32 Å². The van der Waals surface area contributed by atoms with Crippen LogP contribution >= 0.6 is 0 Å². The van der Waals surface area contributed by atoms with Gasteiger partial charge in [-0.05, 0) is 87.9 Å². The number of aliphatic hydroxyl groups is 1. The number of alkyl halides is 6. The Morgan fingerprint density at radius 3 is 2.02 bits per heavy atom. The molecule has 0 bridgehead atoms. The molecule has 2 atom stereocenters. The standard InChI is InChI=1S/C31H36F6N2O3/c1-20(21-15-23(30(32,33)34)17-24(16-21)31(35,36)37)27(41)38-29(22-5-3-2-4-6-22)9-7-25(8-10-29)39-13-11-28(12-14-39)19-42-18-26(28)40/h2-6,15-17,20,25-26,40H,7-14,18-19H2,1H3,(H,38,41)/t20?,25?,26-,29?/m0/s1. The van der Waals surface area contributed by atoms with E-state index in [9.17, 15) is 36.2 Å². The molecular weight excluding hydrogens is 562 g/mol. The van der Waals surface area contributed by atoms with Crippen LogP contribution in [0.1, 0.15) is 73.6 Å². The van der Waals surface area contributed by atoms with Crippen LogP contribution in [0.15, 0.2) is 48.5 Å². The predicted octanol–water partition coefficient (Wildman–Crippen LogP) is 6.26. The number of aliphatic hydroxyl groups excluding tert-OH is 1. The average molecular weight is 599 g/mol. The third-order valence-corrected chi connectivity index (χ3v) is 9.68. The van der Waals surface area contributed by atoms with Crippen LogP contribution in [0.2, 0.25) is 0 Å². The number of rotatable bonds is 5. The summed E-state index contributed by atoms with van der Waals surface area (Å²) in [6.07, 6.45) is -6.07. The summed E-state index contributed by atoms with van der Waals surface area (Å²) < 4.78 is 86.3. The summed E-state index contributed by atoms with van der Waals surface area (Å²) in [6.45, 7) is 3.96. The molecular formula is C31H36F6N2O3. The topological polar surface area (TPSA) is 61.8 Å². The van der Waals surface area contributed by atoms with E-state index < -0.39 is 46.9 Å². The number of piperidine rings is 1. The fourth-order valence-electron chi connectivity index (χ4n) is 6.89. The average Bonchev–Trinajstić information content (AvgIpc) is 3.31. The van der Waals surface area contributed by atoms with Crippen molar-refractivity contribution in [2.45, 2.75) is 81.4 Å². The normalized spacial score (nSPS) is 27.6. The minimum atomic E-state index is -4.99. The van der Waals surface area contributed by atoms with Gasteiger partial charge in [0, 0.05) is 11.5 Å². The van der Waals surface area contributed by atoms with Crippen LogP contribution in [0.25, 0.3) is 0 Å². The van der Waals surface area contributed by atoms with Crippen molar-refractivity contribution in [1.82, 2.24) is 10.2 Å².